The third-order valence-electron chi connectivity index (χ3n) is 4.92. The summed E-state index contributed by atoms with van der Waals surface area (Å²) in [6.07, 6.45) is 1.03. The average Bonchev–Trinajstić information content (AvgIpc) is 3.15. The number of carbonyl (C=O) groups is 1. The first kappa shape index (κ1) is 20.9. The Morgan fingerprint density at radius 1 is 1.14 bits per heavy atom. The van der Waals surface area contributed by atoms with Crippen LogP contribution in [0.4, 0.5) is 5.69 Å². The molecule has 1 heterocycles. The van der Waals surface area contributed by atoms with Crippen molar-refractivity contribution in [1.82, 2.24) is 15.5 Å². The van der Waals surface area contributed by atoms with Gasteiger partial charge >= 0.3 is 0 Å². The minimum atomic E-state index is -0.0435. The SMILES string of the molecule is CCNC(=NCc1cccc(C(=O)NCCN(C)C)c1)N1CCc2ccccc21. The summed E-state index contributed by atoms with van der Waals surface area (Å²) in [4.78, 5) is 21.5. The molecule has 0 fully saturated rings. The van der Waals surface area contributed by atoms with Crippen molar-refractivity contribution >= 4 is 17.6 Å². The fourth-order valence-corrected chi connectivity index (χ4v) is 3.43. The highest BCUT2D eigenvalue weighted by molar-refractivity contribution is 5.98. The molecule has 6 nitrogen and oxygen atoms in total. The van der Waals surface area contributed by atoms with E-state index in [4.69, 9.17) is 4.99 Å². The molecular weight excluding hydrogens is 362 g/mol. The Labute approximate surface area is 173 Å². The van der Waals surface area contributed by atoms with E-state index < -0.39 is 0 Å². The Balaban J connectivity index is 1.69. The van der Waals surface area contributed by atoms with Gasteiger partial charge in [0.15, 0.2) is 5.96 Å². The smallest absolute Gasteiger partial charge is 0.251 e. The van der Waals surface area contributed by atoms with Crippen molar-refractivity contribution in [2.24, 2.45) is 4.99 Å². The molecule has 3 rings (SSSR count). The summed E-state index contributed by atoms with van der Waals surface area (Å²) in [5.74, 6) is 0.844. The van der Waals surface area contributed by atoms with E-state index in [0.29, 0.717) is 18.7 Å². The zero-order chi connectivity index (χ0) is 20.6. The molecule has 0 aromatic heterocycles. The van der Waals surface area contributed by atoms with E-state index in [-0.39, 0.29) is 5.91 Å². The first-order valence-corrected chi connectivity index (χ1v) is 10.2. The van der Waals surface area contributed by atoms with E-state index in [2.05, 4.69) is 46.7 Å². The maximum Gasteiger partial charge on any atom is 0.251 e. The summed E-state index contributed by atoms with van der Waals surface area (Å²) in [5.41, 5.74) is 4.27. The number of likely N-dealkylation sites (N-methyl/N-ethyl adjacent to an activating group) is 1. The van der Waals surface area contributed by atoms with Gasteiger partial charge in [0, 0.05) is 37.4 Å². The predicted molar refractivity (Wildman–Crippen MR) is 120 cm³/mol. The van der Waals surface area contributed by atoms with E-state index in [1.165, 1.54) is 11.3 Å². The number of amides is 1. The van der Waals surface area contributed by atoms with E-state index in [0.717, 1.165) is 37.6 Å². The monoisotopic (exact) mass is 393 g/mol. The van der Waals surface area contributed by atoms with Crippen LogP contribution in [0.25, 0.3) is 0 Å². The molecule has 0 unspecified atom stereocenters. The number of nitrogens with zero attached hydrogens (tertiary/aromatic N) is 3. The Hall–Kier alpha value is -2.86. The number of hydrogen-bond acceptors (Lipinski definition) is 3. The quantitative estimate of drug-likeness (QED) is 0.561. The Kier molecular flexibility index (Phi) is 7.25. The van der Waals surface area contributed by atoms with Crippen molar-refractivity contribution in [2.75, 3.05) is 45.2 Å². The van der Waals surface area contributed by atoms with Crippen molar-refractivity contribution in [3.05, 3.63) is 65.2 Å². The molecule has 0 aliphatic carbocycles. The average molecular weight is 394 g/mol. The van der Waals surface area contributed by atoms with Crippen LogP contribution in [0.2, 0.25) is 0 Å². The van der Waals surface area contributed by atoms with Crippen LogP contribution >= 0.6 is 0 Å². The minimum Gasteiger partial charge on any atom is -0.356 e. The fraction of sp³-hybridized carbons (Fsp3) is 0.391. The largest absolute Gasteiger partial charge is 0.356 e. The standard InChI is InChI=1S/C23H31N5O/c1-4-24-23(28-14-12-19-9-5-6-11-21(19)28)26-17-18-8-7-10-20(16-18)22(29)25-13-15-27(2)3/h5-11,16H,4,12-15,17H2,1-3H3,(H,24,26)(H,25,29). The molecule has 1 amide bonds. The molecular formula is C23H31N5O. The lowest BCUT2D eigenvalue weighted by atomic mass is 10.1. The van der Waals surface area contributed by atoms with Crippen molar-refractivity contribution in [2.45, 2.75) is 19.9 Å². The molecule has 0 spiro atoms. The Morgan fingerprint density at radius 2 is 1.97 bits per heavy atom. The number of guanidine groups is 1. The Morgan fingerprint density at radius 3 is 2.76 bits per heavy atom. The minimum absolute atomic E-state index is 0.0435. The van der Waals surface area contributed by atoms with E-state index >= 15 is 0 Å². The van der Waals surface area contributed by atoms with Crippen LogP contribution in [0.1, 0.15) is 28.4 Å². The fourth-order valence-electron chi connectivity index (χ4n) is 3.43. The Bertz CT molecular complexity index is 862. The van der Waals surface area contributed by atoms with Gasteiger partial charge in [-0.25, -0.2) is 4.99 Å². The normalized spacial score (nSPS) is 13.5. The van der Waals surface area contributed by atoms with Crippen LogP contribution in [0, 0.1) is 0 Å². The third-order valence-corrected chi connectivity index (χ3v) is 4.92. The first-order valence-electron chi connectivity index (χ1n) is 10.2. The lowest BCUT2D eigenvalue weighted by molar-refractivity contribution is 0.0951. The van der Waals surface area contributed by atoms with E-state index in [9.17, 15) is 4.79 Å². The summed E-state index contributed by atoms with van der Waals surface area (Å²) < 4.78 is 0. The molecule has 0 atom stereocenters. The topological polar surface area (TPSA) is 60.0 Å². The summed E-state index contributed by atoms with van der Waals surface area (Å²) >= 11 is 0. The summed E-state index contributed by atoms with van der Waals surface area (Å²) in [5, 5.41) is 6.36. The number of anilines is 1. The highest BCUT2D eigenvalue weighted by Gasteiger charge is 2.22. The van der Waals surface area contributed by atoms with Gasteiger partial charge in [-0.05, 0) is 56.8 Å². The molecule has 0 saturated carbocycles. The van der Waals surface area contributed by atoms with Crippen LogP contribution in [0.3, 0.4) is 0 Å². The maximum absolute atomic E-state index is 12.4. The van der Waals surface area contributed by atoms with Gasteiger partial charge in [-0.1, -0.05) is 30.3 Å². The van der Waals surface area contributed by atoms with Gasteiger partial charge in [0.1, 0.15) is 0 Å². The van der Waals surface area contributed by atoms with E-state index in [1.54, 1.807) is 0 Å². The van der Waals surface area contributed by atoms with Crippen molar-refractivity contribution in [3.8, 4) is 0 Å². The lowest BCUT2D eigenvalue weighted by Gasteiger charge is -2.22. The van der Waals surface area contributed by atoms with Crippen LogP contribution in [0.5, 0.6) is 0 Å². The van der Waals surface area contributed by atoms with Gasteiger partial charge in [0.25, 0.3) is 5.91 Å². The number of nitrogens with one attached hydrogen (secondary N) is 2. The van der Waals surface area contributed by atoms with Gasteiger partial charge < -0.3 is 20.4 Å². The highest BCUT2D eigenvalue weighted by Crippen LogP contribution is 2.27. The van der Waals surface area contributed by atoms with Gasteiger partial charge in [-0.2, -0.15) is 0 Å². The number of fused-ring (bicyclic) bond motifs is 1. The van der Waals surface area contributed by atoms with Crippen molar-refractivity contribution in [1.29, 1.82) is 0 Å². The number of para-hydroxylation sites is 1. The van der Waals surface area contributed by atoms with Gasteiger partial charge in [-0.15, -0.1) is 0 Å². The zero-order valence-corrected chi connectivity index (χ0v) is 17.6. The molecule has 6 heteroatoms. The molecule has 2 N–H and O–H groups in total. The van der Waals surface area contributed by atoms with Crippen LogP contribution < -0.4 is 15.5 Å². The molecule has 1 aliphatic heterocycles. The van der Waals surface area contributed by atoms with Crippen molar-refractivity contribution < 1.29 is 4.79 Å². The number of hydrogen-bond donors (Lipinski definition) is 2. The summed E-state index contributed by atoms with van der Waals surface area (Å²) in [6, 6.07) is 16.2. The maximum atomic E-state index is 12.4. The lowest BCUT2D eigenvalue weighted by Crippen LogP contribution is -2.40. The molecule has 154 valence electrons. The molecule has 0 bridgehead atoms. The van der Waals surface area contributed by atoms with E-state index in [1.807, 2.05) is 43.3 Å². The number of rotatable bonds is 7. The van der Waals surface area contributed by atoms with Gasteiger partial charge in [-0.3, -0.25) is 4.79 Å². The van der Waals surface area contributed by atoms with Crippen LogP contribution in [-0.2, 0) is 13.0 Å². The molecule has 0 saturated heterocycles. The summed E-state index contributed by atoms with van der Waals surface area (Å²) in [6.45, 7) is 5.80. The third kappa shape index (κ3) is 5.57. The number of carbonyl (C=O) groups excluding carboxylic acids is 1. The molecule has 29 heavy (non-hydrogen) atoms. The second-order valence-corrected chi connectivity index (χ2v) is 7.46. The second-order valence-electron chi connectivity index (χ2n) is 7.46. The van der Waals surface area contributed by atoms with Gasteiger partial charge in [0.05, 0.1) is 6.54 Å². The molecule has 2 aromatic rings. The number of aliphatic imine (C=N–C) groups is 1. The zero-order valence-electron chi connectivity index (χ0n) is 17.6. The molecule has 0 radical (unpaired) electrons. The summed E-state index contributed by atoms with van der Waals surface area (Å²) in [7, 11) is 3.98. The first-order chi connectivity index (χ1) is 14.1. The second kappa shape index (κ2) is 10.1. The van der Waals surface area contributed by atoms with Crippen LogP contribution in [0.15, 0.2) is 53.5 Å². The molecule has 1 aliphatic rings. The molecule has 2 aromatic carbocycles. The number of benzene rings is 2. The van der Waals surface area contributed by atoms with Crippen molar-refractivity contribution in [3.63, 3.8) is 0 Å². The predicted octanol–water partition coefficient (Wildman–Crippen LogP) is 2.51. The van der Waals surface area contributed by atoms with Crippen LogP contribution in [-0.4, -0.2) is 57.0 Å². The highest BCUT2D eigenvalue weighted by atomic mass is 16.1. The van der Waals surface area contributed by atoms with Gasteiger partial charge in [0.2, 0.25) is 0 Å².